The Bertz CT molecular complexity index is 626. The molecule has 0 spiro atoms. The van der Waals surface area contributed by atoms with Crippen LogP contribution < -0.4 is 0 Å². The first-order chi connectivity index (χ1) is 15.6. The minimum Gasteiger partial charge on any atom is -0.478 e. The van der Waals surface area contributed by atoms with Crippen molar-refractivity contribution in [3.8, 4) is 0 Å². The standard InChI is InChI=1S/C28H46O4/c1-3-5-7-9-10-11-12-13-15-17-21-24(20-16-14-8-6-4-2)32-28(31)26-23-19-18-22-25(26)27(29)30/h18-19,22-24H,3-17,20-21H2,1-2H3,(H,29,30). The van der Waals surface area contributed by atoms with Gasteiger partial charge in [0.2, 0.25) is 0 Å². The van der Waals surface area contributed by atoms with Crippen molar-refractivity contribution < 1.29 is 19.4 Å². The highest BCUT2D eigenvalue weighted by atomic mass is 16.5. The molecule has 0 bridgehead atoms. The first kappa shape index (κ1) is 28.2. The normalized spacial score (nSPS) is 11.9. The Labute approximate surface area is 196 Å². The Hall–Kier alpha value is -1.84. The largest absolute Gasteiger partial charge is 0.478 e. The molecule has 1 rings (SSSR count). The summed E-state index contributed by atoms with van der Waals surface area (Å²) < 4.78 is 5.81. The van der Waals surface area contributed by atoms with Crippen LogP contribution >= 0.6 is 0 Å². The van der Waals surface area contributed by atoms with Gasteiger partial charge < -0.3 is 9.84 Å². The Balaban J connectivity index is 2.44. The van der Waals surface area contributed by atoms with E-state index in [1.165, 1.54) is 83.1 Å². The van der Waals surface area contributed by atoms with E-state index in [0.717, 1.165) is 32.1 Å². The van der Waals surface area contributed by atoms with E-state index in [-0.39, 0.29) is 17.2 Å². The van der Waals surface area contributed by atoms with Gasteiger partial charge in [0.25, 0.3) is 0 Å². The zero-order valence-electron chi connectivity index (χ0n) is 20.6. The molecule has 1 atom stereocenters. The lowest BCUT2D eigenvalue weighted by Gasteiger charge is -2.19. The van der Waals surface area contributed by atoms with Crippen LogP contribution in [0.15, 0.2) is 24.3 Å². The van der Waals surface area contributed by atoms with E-state index in [4.69, 9.17) is 4.74 Å². The van der Waals surface area contributed by atoms with Gasteiger partial charge in [-0.3, -0.25) is 0 Å². The topological polar surface area (TPSA) is 63.6 Å². The van der Waals surface area contributed by atoms with E-state index in [2.05, 4.69) is 13.8 Å². The lowest BCUT2D eigenvalue weighted by Crippen LogP contribution is -2.20. The first-order valence-electron chi connectivity index (χ1n) is 13.1. The highest BCUT2D eigenvalue weighted by Crippen LogP contribution is 2.20. The van der Waals surface area contributed by atoms with Crippen molar-refractivity contribution in [2.24, 2.45) is 0 Å². The van der Waals surface area contributed by atoms with Gasteiger partial charge in [0, 0.05) is 0 Å². The lowest BCUT2D eigenvalue weighted by molar-refractivity contribution is 0.0244. The molecule has 0 heterocycles. The van der Waals surface area contributed by atoms with Crippen LogP contribution in [0.5, 0.6) is 0 Å². The maximum Gasteiger partial charge on any atom is 0.339 e. The third-order valence-corrected chi connectivity index (χ3v) is 6.16. The van der Waals surface area contributed by atoms with Gasteiger partial charge in [-0.2, -0.15) is 0 Å². The number of carboxylic acid groups (broad SMARTS) is 1. The molecule has 0 saturated carbocycles. The van der Waals surface area contributed by atoms with Gasteiger partial charge >= 0.3 is 11.9 Å². The molecule has 0 radical (unpaired) electrons. The Kier molecular flexibility index (Phi) is 16.5. The number of esters is 1. The average Bonchev–Trinajstić information content (AvgIpc) is 2.79. The minimum absolute atomic E-state index is 0.0122. The summed E-state index contributed by atoms with van der Waals surface area (Å²) in [5.41, 5.74) is 0.164. The second-order valence-electron chi connectivity index (χ2n) is 9.05. The predicted molar refractivity (Wildman–Crippen MR) is 132 cm³/mol. The summed E-state index contributed by atoms with van der Waals surface area (Å²) >= 11 is 0. The van der Waals surface area contributed by atoms with E-state index < -0.39 is 11.9 Å². The van der Waals surface area contributed by atoms with Crippen molar-refractivity contribution in [1.82, 2.24) is 0 Å². The van der Waals surface area contributed by atoms with Crippen LogP contribution in [0, 0.1) is 0 Å². The number of hydrogen-bond acceptors (Lipinski definition) is 3. The summed E-state index contributed by atoms with van der Waals surface area (Å²) in [6.07, 6.45) is 20.3. The van der Waals surface area contributed by atoms with E-state index in [1.54, 1.807) is 18.2 Å². The molecule has 0 amide bonds. The molecule has 0 aliphatic carbocycles. The van der Waals surface area contributed by atoms with Crippen LogP contribution in [-0.4, -0.2) is 23.1 Å². The van der Waals surface area contributed by atoms with Crippen LogP contribution in [-0.2, 0) is 4.74 Å². The number of aromatic carboxylic acids is 1. The quantitative estimate of drug-likeness (QED) is 0.161. The number of hydrogen-bond donors (Lipinski definition) is 1. The maximum absolute atomic E-state index is 12.7. The molecule has 1 aromatic carbocycles. The third kappa shape index (κ3) is 12.9. The minimum atomic E-state index is -1.09. The third-order valence-electron chi connectivity index (χ3n) is 6.16. The molecule has 182 valence electrons. The molecule has 0 aromatic heterocycles. The molecule has 32 heavy (non-hydrogen) atoms. The van der Waals surface area contributed by atoms with Gasteiger partial charge in [-0.05, 0) is 37.8 Å². The highest BCUT2D eigenvalue weighted by molar-refractivity contribution is 6.02. The maximum atomic E-state index is 12.7. The van der Waals surface area contributed by atoms with Gasteiger partial charge in [0.15, 0.2) is 0 Å². The van der Waals surface area contributed by atoms with Crippen molar-refractivity contribution in [1.29, 1.82) is 0 Å². The Morgan fingerprint density at radius 3 is 1.53 bits per heavy atom. The highest BCUT2D eigenvalue weighted by Gasteiger charge is 2.20. The number of benzene rings is 1. The molecule has 0 aliphatic heterocycles. The molecule has 4 heteroatoms. The van der Waals surface area contributed by atoms with Crippen LogP contribution in [0.3, 0.4) is 0 Å². The van der Waals surface area contributed by atoms with Crippen LogP contribution in [0.25, 0.3) is 0 Å². The van der Waals surface area contributed by atoms with Crippen LogP contribution in [0.2, 0.25) is 0 Å². The van der Waals surface area contributed by atoms with Crippen molar-refractivity contribution in [2.45, 2.75) is 129 Å². The van der Waals surface area contributed by atoms with E-state index >= 15 is 0 Å². The van der Waals surface area contributed by atoms with Crippen LogP contribution in [0.1, 0.15) is 144 Å². The number of rotatable bonds is 20. The molecule has 1 unspecified atom stereocenters. The van der Waals surface area contributed by atoms with Gasteiger partial charge in [0.05, 0.1) is 11.1 Å². The molecular formula is C28H46O4. The molecule has 1 aromatic rings. The number of carbonyl (C=O) groups excluding carboxylic acids is 1. The van der Waals surface area contributed by atoms with Gasteiger partial charge in [-0.15, -0.1) is 0 Å². The summed E-state index contributed by atoms with van der Waals surface area (Å²) in [5, 5.41) is 9.37. The van der Waals surface area contributed by atoms with E-state index in [1.807, 2.05) is 0 Å². The number of carbonyl (C=O) groups is 2. The summed E-state index contributed by atoms with van der Waals surface area (Å²) in [6.45, 7) is 4.45. The molecule has 0 aliphatic rings. The second-order valence-corrected chi connectivity index (χ2v) is 9.05. The van der Waals surface area contributed by atoms with Gasteiger partial charge in [-0.1, -0.05) is 109 Å². The number of carboxylic acids is 1. The average molecular weight is 447 g/mol. The van der Waals surface area contributed by atoms with Gasteiger partial charge in [-0.25, -0.2) is 9.59 Å². The fraction of sp³-hybridized carbons (Fsp3) is 0.714. The van der Waals surface area contributed by atoms with Crippen molar-refractivity contribution >= 4 is 11.9 Å². The predicted octanol–water partition coefficient (Wildman–Crippen LogP) is 8.58. The first-order valence-corrected chi connectivity index (χ1v) is 13.1. The molecule has 0 saturated heterocycles. The summed E-state index contributed by atoms with van der Waals surface area (Å²) in [4.78, 5) is 24.2. The Morgan fingerprint density at radius 2 is 1.09 bits per heavy atom. The molecule has 0 fully saturated rings. The summed E-state index contributed by atoms with van der Waals surface area (Å²) in [5.74, 6) is -1.60. The fourth-order valence-electron chi connectivity index (χ4n) is 4.16. The lowest BCUT2D eigenvalue weighted by atomic mass is 10.0. The smallest absolute Gasteiger partial charge is 0.339 e. The van der Waals surface area contributed by atoms with Crippen molar-refractivity contribution in [3.63, 3.8) is 0 Å². The van der Waals surface area contributed by atoms with Crippen molar-refractivity contribution in [3.05, 3.63) is 35.4 Å². The van der Waals surface area contributed by atoms with Crippen molar-refractivity contribution in [2.75, 3.05) is 0 Å². The molecule has 1 N–H and O–H groups in total. The van der Waals surface area contributed by atoms with E-state index in [9.17, 15) is 14.7 Å². The number of ether oxygens (including phenoxy) is 1. The Morgan fingerprint density at radius 1 is 0.688 bits per heavy atom. The monoisotopic (exact) mass is 446 g/mol. The number of unbranched alkanes of at least 4 members (excludes halogenated alkanes) is 13. The molecular weight excluding hydrogens is 400 g/mol. The SMILES string of the molecule is CCCCCCCCCCCCC(CCCCCCC)OC(=O)c1ccccc1C(=O)O. The zero-order valence-corrected chi connectivity index (χ0v) is 20.6. The second kappa shape index (κ2) is 18.7. The fourth-order valence-corrected chi connectivity index (χ4v) is 4.16. The summed E-state index contributed by atoms with van der Waals surface area (Å²) in [6, 6.07) is 6.33. The molecule has 4 nitrogen and oxygen atoms in total. The van der Waals surface area contributed by atoms with Crippen LogP contribution in [0.4, 0.5) is 0 Å². The van der Waals surface area contributed by atoms with E-state index in [0.29, 0.717) is 0 Å². The zero-order chi connectivity index (χ0) is 23.4. The van der Waals surface area contributed by atoms with Gasteiger partial charge in [0.1, 0.15) is 6.10 Å². The summed E-state index contributed by atoms with van der Waals surface area (Å²) in [7, 11) is 0.